The molecule has 0 atom stereocenters. The molecule has 2 rings (SSSR count). The third kappa shape index (κ3) is 3.10. The van der Waals surface area contributed by atoms with Gasteiger partial charge in [-0.05, 0) is 24.0 Å². The highest BCUT2D eigenvalue weighted by Crippen LogP contribution is 2.30. The van der Waals surface area contributed by atoms with Crippen LogP contribution in [0.3, 0.4) is 0 Å². The van der Waals surface area contributed by atoms with E-state index in [0.29, 0.717) is 6.54 Å². The largest absolute Gasteiger partial charge is 0.392 e. The van der Waals surface area contributed by atoms with Crippen molar-refractivity contribution in [2.75, 3.05) is 6.54 Å². The van der Waals surface area contributed by atoms with Crippen molar-refractivity contribution in [3.63, 3.8) is 0 Å². The summed E-state index contributed by atoms with van der Waals surface area (Å²) in [5.41, 5.74) is 1.48. The lowest BCUT2D eigenvalue weighted by atomic mass is 10.1. The van der Waals surface area contributed by atoms with Crippen LogP contribution in [0.2, 0.25) is 0 Å². The Labute approximate surface area is 108 Å². The van der Waals surface area contributed by atoms with E-state index in [1.54, 1.807) is 28.6 Å². The predicted octanol–water partition coefficient (Wildman–Crippen LogP) is 1.49. The lowest BCUT2D eigenvalue weighted by Crippen LogP contribution is -2.33. The van der Waals surface area contributed by atoms with Gasteiger partial charge in [0, 0.05) is 12.6 Å². The van der Waals surface area contributed by atoms with Crippen LogP contribution in [-0.4, -0.2) is 30.4 Å². The van der Waals surface area contributed by atoms with Crippen molar-refractivity contribution in [1.82, 2.24) is 4.31 Å². The third-order valence-electron chi connectivity index (χ3n) is 3.15. The zero-order valence-electron chi connectivity index (χ0n) is 10.5. The Kier molecular flexibility index (Phi) is 4.04. The lowest BCUT2D eigenvalue weighted by Gasteiger charge is -2.20. The van der Waals surface area contributed by atoms with Crippen LogP contribution in [0.15, 0.2) is 24.3 Å². The second-order valence-electron chi connectivity index (χ2n) is 4.67. The molecule has 0 unspecified atom stereocenters. The first-order valence-electron chi connectivity index (χ1n) is 6.25. The molecule has 0 bridgehead atoms. The van der Waals surface area contributed by atoms with E-state index >= 15 is 0 Å². The standard InChI is InChI=1S/C13H19NO3S/c1-2-14(13-6-7-13)18(16,17)10-12-5-3-4-11(8-12)9-15/h3-5,8,13,15H,2,6-7,9-10H2,1H3. The molecule has 0 saturated heterocycles. The molecular formula is C13H19NO3S. The Morgan fingerprint density at radius 1 is 1.33 bits per heavy atom. The monoisotopic (exact) mass is 269 g/mol. The van der Waals surface area contributed by atoms with Crippen LogP contribution in [-0.2, 0) is 22.4 Å². The molecule has 1 aliphatic rings. The van der Waals surface area contributed by atoms with Gasteiger partial charge in [0.1, 0.15) is 0 Å². The highest BCUT2D eigenvalue weighted by molar-refractivity contribution is 7.88. The Balaban J connectivity index is 2.15. The molecule has 0 amide bonds. The summed E-state index contributed by atoms with van der Waals surface area (Å²) in [7, 11) is -3.24. The van der Waals surface area contributed by atoms with Gasteiger partial charge in [-0.3, -0.25) is 0 Å². The molecule has 1 aromatic rings. The van der Waals surface area contributed by atoms with E-state index in [-0.39, 0.29) is 18.4 Å². The summed E-state index contributed by atoms with van der Waals surface area (Å²) >= 11 is 0. The second kappa shape index (κ2) is 5.38. The van der Waals surface area contributed by atoms with Crippen LogP contribution in [0.1, 0.15) is 30.9 Å². The summed E-state index contributed by atoms with van der Waals surface area (Å²) in [6.45, 7) is 2.35. The van der Waals surface area contributed by atoms with Crippen molar-refractivity contribution in [1.29, 1.82) is 0 Å². The van der Waals surface area contributed by atoms with Gasteiger partial charge in [-0.15, -0.1) is 0 Å². The van der Waals surface area contributed by atoms with Gasteiger partial charge in [-0.2, -0.15) is 4.31 Å². The van der Waals surface area contributed by atoms with Crippen LogP contribution in [0.25, 0.3) is 0 Å². The van der Waals surface area contributed by atoms with Crippen molar-refractivity contribution in [3.8, 4) is 0 Å². The van der Waals surface area contributed by atoms with Gasteiger partial charge in [0.25, 0.3) is 0 Å². The first-order valence-corrected chi connectivity index (χ1v) is 7.86. The van der Waals surface area contributed by atoms with Gasteiger partial charge < -0.3 is 5.11 Å². The average molecular weight is 269 g/mol. The maximum atomic E-state index is 12.3. The SMILES string of the molecule is CCN(C1CC1)S(=O)(=O)Cc1cccc(CO)c1. The second-order valence-corrected chi connectivity index (χ2v) is 6.59. The molecule has 0 aliphatic heterocycles. The van der Waals surface area contributed by atoms with E-state index in [0.717, 1.165) is 24.0 Å². The number of hydrogen-bond acceptors (Lipinski definition) is 3. The topological polar surface area (TPSA) is 57.6 Å². The van der Waals surface area contributed by atoms with Crippen molar-refractivity contribution < 1.29 is 13.5 Å². The third-order valence-corrected chi connectivity index (χ3v) is 5.12. The smallest absolute Gasteiger partial charge is 0.218 e. The van der Waals surface area contributed by atoms with Crippen LogP contribution in [0.5, 0.6) is 0 Å². The number of aliphatic hydroxyl groups excluding tert-OH is 1. The molecule has 1 fully saturated rings. The molecule has 1 N–H and O–H groups in total. The number of sulfonamides is 1. The molecule has 1 aromatic carbocycles. The van der Waals surface area contributed by atoms with Gasteiger partial charge in [-0.1, -0.05) is 31.2 Å². The van der Waals surface area contributed by atoms with Gasteiger partial charge in [-0.25, -0.2) is 8.42 Å². The minimum absolute atomic E-state index is 0.0190. The summed E-state index contributed by atoms with van der Waals surface area (Å²) in [5.74, 6) is 0.0190. The van der Waals surface area contributed by atoms with Crippen LogP contribution in [0.4, 0.5) is 0 Å². The van der Waals surface area contributed by atoms with Crippen molar-refractivity contribution in [3.05, 3.63) is 35.4 Å². The summed E-state index contributed by atoms with van der Waals surface area (Å²) in [6.07, 6.45) is 1.95. The number of hydrogen-bond donors (Lipinski definition) is 1. The fourth-order valence-corrected chi connectivity index (χ4v) is 3.98. The Morgan fingerprint density at radius 3 is 2.56 bits per heavy atom. The summed E-state index contributed by atoms with van der Waals surface area (Å²) in [4.78, 5) is 0. The maximum Gasteiger partial charge on any atom is 0.218 e. The quantitative estimate of drug-likeness (QED) is 0.851. The lowest BCUT2D eigenvalue weighted by molar-refractivity contribution is 0.281. The molecule has 0 spiro atoms. The van der Waals surface area contributed by atoms with Gasteiger partial charge in [0.15, 0.2) is 0 Å². The van der Waals surface area contributed by atoms with Crippen molar-refractivity contribution in [2.24, 2.45) is 0 Å². The van der Waals surface area contributed by atoms with Crippen molar-refractivity contribution in [2.45, 2.75) is 38.2 Å². The first kappa shape index (κ1) is 13.5. The number of nitrogens with zero attached hydrogens (tertiary/aromatic N) is 1. The van der Waals surface area contributed by atoms with Gasteiger partial charge >= 0.3 is 0 Å². The number of rotatable bonds is 6. The Bertz CT molecular complexity index is 509. The van der Waals surface area contributed by atoms with E-state index < -0.39 is 10.0 Å². The van der Waals surface area contributed by atoms with E-state index in [2.05, 4.69) is 0 Å². The van der Waals surface area contributed by atoms with Crippen LogP contribution in [0, 0.1) is 0 Å². The van der Waals surface area contributed by atoms with Crippen LogP contribution < -0.4 is 0 Å². The predicted molar refractivity (Wildman–Crippen MR) is 70.4 cm³/mol. The van der Waals surface area contributed by atoms with E-state index in [1.807, 2.05) is 6.92 Å². The normalized spacial score (nSPS) is 16.2. The molecule has 0 radical (unpaired) electrons. The first-order chi connectivity index (χ1) is 8.56. The van der Waals surface area contributed by atoms with Crippen LogP contribution >= 0.6 is 0 Å². The molecule has 4 nitrogen and oxygen atoms in total. The van der Waals surface area contributed by atoms with E-state index in [9.17, 15) is 8.42 Å². The minimum Gasteiger partial charge on any atom is -0.392 e. The molecule has 0 aromatic heterocycles. The summed E-state index contributed by atoms with van der Waals surface area (Å²) < 4.78 is 26.1. The van der Waals surface area contributed by atoms with E-state index in [4.69, 9.17) is 5.11 Å². The van der Waals surface area contributed by atoms with Gasteiger partial charge in [0.05, 0.1) is 12.4 Å². The van der Waals surface area contributed by atoms with E-state index in [1.165, 1.54) is 0 Å². The minimum atomic E-state index is -3.24. The molecule has 5 heteroatoms. The summed E-state index contributed by atoms with van der Waals surface area (Å²) in [5, 5.41) is 9.05. The molecular weight excluding hydrogens is 250 g/mol. The Hall–Kier alpha value is -0.910. The average Bonchev–Trinajstić information content (AvgIpc) is 3.13. The molecule has 100 valence electrons. The zero-order valence-corrected chi connectivity index (χ0v) is 11.4. The zero-order chi connectivity index (χ0) is 13.2. The molecule has 18 heavy (non-hydrogen) atoms. The van der Waals surface area contributed by atoms with Crippen molar-refractivity contribution >= 4 is 10.0 Å². The summed E-state index contributed by atoms with van der Waals surface area (Å²) in [6, 6.07) is 7.31. The molecule has 1 aliphatic carbocycles. The Morgan fingerprint density at radius 2 is 2.00 bits per heavy atom. The number of benzene rings is 1. The molecule has 0 heterocycles. The molecule has 1 saturated carbocycles. The number of aliphatic hydroxyl groups is 1. The highest BCUT2D eigenvalue weighted by Gasteiger charge is 2.35. The fourth-order valence-electron chi connectivity index (χ4n) is 2.16. The highest BCUT2D eigenvalue weighted by atomic mass is 32.2. The fraction of sp³-hybridized carbons (Fsp3) is 0.538. The van der Waals surface area contributed by atoms with Gasteiger partial charge in [0.2, 0.25) is 10.0 Å². The maximum absolute atomic E-state index is 12.3.